The molecule has 0 atom stereocenters. The molecule has 1 aromatic carbocycles. The smallest absolute Gasteiger partial charge is 0.204 e. The third-order valence-corrected chi connectivity index (χ3v) is 2.48. The Bertz CT molecular complexity index is 389. The van der Waals surface area contributed by atoms with Crippen molar-refractivity contribution in [3.05, 3.63) is 30.1 Å². The SMILES string of the molecule is Fc1cccc(/N=N/C2=NCCS2)c1. The van der Waals surface area contributed by atoms with Crippen LogP contribution in [-0.2, 0) is 0 Å². The number of benzene rings is 1. The Morgan fingerprint density at radius 1 is 1.36 bits per heavy atom. The van der Waals surface area contributed by atoms with Crippen molar-refractivity contribution in [2.24, 2.45) is 15.2 Å². The van der Waals surface area contributed by atoms with Crippen molar-refractivity contribution in [1.82, 2.24) is 0 Å². The van der Waals surface area contributed by atoms with Crippen molar-refractivity contribution in [1.29, 1.82) is 0 Å². The summed E-state index contributed by atoms with van der Waals surface area (Å²) in [5.41, 5.74) is 0.514. The predicted octanol–water partition coefficient (Wildman–Crippen LogP) is 3.01. The zero-order valence-electron chi connectivity index (χ0n) is 7.35. The van der Waals surface area contributed by atoms with Gasteiger partial charge in [0, 0.05) is 11.8 Å². The molecule has 14 heavy (non-hydrogen) atoms. The maximum Gasteiger partial charge on any atom is 0.204 e. The van der Waals surface area contributed by atoms with Crippen LogP contribution in [0.1, 0.15) is 0 Å². The standard InChI is InChI=1S/C9H8FN3S/c10-7-2-1-3-8(6-7)12-13-9-11-4-5-14-9/h1-3,6H,4-5H2/b13-12+. The Kier molecular flexibility index (Phi) is 2.88. The van der Waals surface area contributed by atoms with Gasteiger partial charge in [0.25, 0.3) is 0 Å². The minimum Gasteiger partial charge on any atom is -0.258 e. The number of azo groups is 1. The number of hydrogen-bond donors (Lipinski definition) is 0. The van der Waals surface area contributed by atoms with Gasteiger partial charge in [-0.2, -0.15) is 0 Å². The van der Waals surface area contributed by atoms with Crippen molar-refractivity contribution >= 4 is 22.6 Å². The monoisotopic (exact) mass is 209 g/mol. The molecule has 72 valence electrons. The minimum atomic E-state index is -0.303. The average Bonchev–Trinajstić information content (AvgIpc) is 2.67. The van der Waals surface area contributed by atoms with E-state index in [0.717, 1.165) is 12.3 Å². The molecular formula is C9H8FN3S. The first kappa shape index (κ1) is 9.33. The van der Waals surface area contributed by atoms with Crippen LogP contribution in [0.15, 0.2) is 39.5 Å². The zero-order chi connectivity index (χ0) is 9.80. The van der Waals surface area contributed by atoms with Gasteiger partial charge in [0.15, 0.2) is 0 Å². The first-order chi connectivity index (χ1) is 6.84. The Balaban J connectivity index is 2.09. The number of rotatable bonds is 1. The van der Waals surface area contributed by atoms with E-state index >= 15 is 0 Å². The van der Waals surface area contributed by atoms with Gasteiger partial charge in [0.2, 0.25) is 5.17 Å². The Hall–Kier alpha value is -1.23. The highest BCUT2D eigenvalue weighted by Gasteiger charge is 2.04. The van der Waals surface area contributed by atoms with E-state index in [0.29, 0.717) is 10.9 Å². The number of amidine groups is 1. The van der Waals surface area contributed by atoms with Gasteiger partial charge in [-0.15, -0.1) is 10.2 Å². The molecule has 0 aliphatic carbocycles. The average molecular weight is 209 g/mol. The molecule has 0 bridgehead atoms. The first-order valence-electron chi connectivity index (χ1n) is 4.19. The van der Waals surface area contributed by atoms with Crippen molar-refractivity contribution in [3.63, 3.8) is 0 Å². The highest BCUT2D eigenvalue weighted by molar-refractivity contribution is 8.14. The van der Waals surface area contributed by atoms with Crippen molar-refractivity contribution in [2.75, 3.05) is 12.3 Å². The maximum absolute atomic E-state index is 12.7. The molecule has 0 saturated heterocycles. The summed E-state index contributed by atoms with van der Waals surface area (Å²) in [7, 11) is 0. The van der Waals surface area contributed by atoms with Crippen LogP contribution in [0.2, 0.25) is 0 Å². The summed E-state index contributed by atoms with van der Waals surface area (Å²) in [6, 6.07) is 6.02. The van der Waals surface area contributed by atoms with Crippen LogP contribution < -0.4 is 0 Å². The van der Waals surface area contributed by atoms with E-state index in [-0.39, 0.29) is 5.82 Å². The van der Waals surface area contributed by atoms with Gasteiger partial charge in [0.05, 0.1) is 12.2 Å². The molecule has 3 nitrogen and oxygen atoms in total. The highest BCUT2D eigenvalue weighted by atomic mass is 32.2. The van der Waals surface area contributed by atoms with Gasteiger partial charge < -0.3 is 0 Å². The Morgan fingerprint density at radius 3 is 3.00 bits per heavy atom. The van der Waals surface area contributed by atoms with Gasteiger partial charge >= 0.3 is 0 Å². The molecule has 0 fully saturated rings. The molecule has 0 amide bonds. The number of thioether (sulfide) groups is 1. The van der Waals surface area contributed by atoms with Crippen LogP contribution in [0.25, 0.3) is 0 Å². The summed E-state index contributed by atoms with van der Waals surface area (Å²) in [4.78, 5) is 4.10. The summed E-state index contributed by atoms with van der Waals surface area (Å²) in [6.45, 7) is 0.794. The van der Waals surface area contributed by atoms with E-state index in [9.17, 15) is 4.39 Å². The molecule has 0 aromatic heterocycles. The van der Waals surface area contributed by atoms with Crippen LogP contribution in [0.3, 0.4) is 0 Å². The van der Waals surface area contributed by atoms with Crippen molar-refractivity contribution in [2.45, 2.75) is 0 Å². The fraction of sp³-hybridized carbons (Fsp3) is 0.222. The lowest BCUT2D eigenvalue weighted by Crippen LogP contribution is -1.77. The molecule has 1 heterocycles. The summed E-state index contributed by atoms with van der Waals surface area (Å²) in [5.74, 6) is 0.653. The lowest BCUT2D eigenvalue weighted by molar-refractivity contribution is 0.628. The molecule has 0 radical (unpaired) electrons. The largest absolute Gasteiger partial charge is 0.258 e. The normalized spacial score (nSPS) is 16.2. The molecule has 0 spiro atoms. The summed E-state index contributed by atoms with van der Waals surface area (Å²) >= 11 is 1.56. The second-order valence-corrected chi connectivity index (χ2v) is 3.75. The van der Waals surface area contributed by atoms with Gasteiger partial charge in [-0.3, -0.25) is 4.99 Å². The first-order valence-corrected chi connectivity index (χ1v) is 5.18. The molecule has 5 heteroatoms. The molecule has 0 N–H and O–H groups in total. The summed E-state index contributed by atoms with van der Waals surface area (Å²) in [5, 5.41) is 8.46. The highest BCUT2D eigenvalue weighted by Crippen LogP contribution is 2.17. The number of halogens is 1. The van der Waals surface area contributed by atoms with Crippen LogP contribution in [0, 0.1) is 5.82 Å². The van der Waals surface area contributed by atoms with Gasteiger partial charge in [0.1, 0.15) is 5.82 Å². The van der Waals surface area contributed by atoms with Crippen LogP contribution in [0.5, 0.6) is 0 Å². The maximum atomic E-state index is 12.7. The minimum absolute atomic E-state index is 0.303. The summed E-state index contributed by atoms with van der Waals surface area (Å²) < 4.78 is 12.7. The Labute approximate surface area is 85.2 Å². The van der Waals surface area contributed by atoms with E-state index in [1.807, 2.05) is 0 Å². The van der Waals surface area contributed by atoms with E-state index in [1.165, 1.54) is 12.1 Å². The van der Waals surface area contributed by atoms with Gasteiger partial charge in [-0.1, -0.05) is 17.8 Å². The molecule has 0 unspecified atom stereocenters. The number of aliphatic imine (C=N–C) groups is 1. The van der Waals surface area contributed by atoms with E-state index in [4.69, 9.17) is 0 Å². The summed E-state index contributed by atoms with van der Waals surface area (Å²) in [6.07, 6.45) is 0. The fourth-order valence-electron chi connectivity index (χ4n) is 1.02. The van der Waals surface area contributed by atoms with Crippen LogP contribution in [-0.4, -0.2) is 17.5 Å². The zero-order valence-corrected chi connectivity index (χ0v) is 8.17. The Morgan fingerprint density at radius 2 is 2.29 bits per heavy atom. The van der Waals surface area contributed by atoms with Crippen molar-refractivity contribution < 1.29 is 4.39 Å². The second-order valence-electron chi connectivity index (χ2n) is 2.69. The van der Waals surface area contributed by atoms with E-state index in [1.54, 1.807) is 23.9 Å². The van der Waals surface area contributed by atoms with E-state index < -0.39 is 0 Å². The molecule has 1 aliphatic heterocycles. The van der Waals surface area contributed by atoms with Crippen molar-refractivity contribution in [3.8, 4) is 0 Å². The van der Waals surface area contributed by atoms with Crippen LogP contribution in [0.4, 0.5) is 10.1 Å². The second kappa shape index (κ2) is 4.32. The molecule has 1 aromatic rings. The number of hydrogen-bond acceptors (Lipinski definition) is 4. The number of nitrogens with zero attached hydrogens (tertiary/aromatic N) is 3. The third kappa shape index (κ3) is 2.38. The molecule has 2 rings (SSSR count). The molecular weight excluding hydrogens is 201 g/mol. The molecule has 0 saturated carbocycles. The topological polar surface area (TPSA) is 37.1 Å². The third-order valence-electron chi connectivity index (χ3n) is 1.63. The lowest BCUT2D eigenvalue weighted by Gasteiger charge is -1.91. The molecule has 1 aliphatic rings. The van der Waals surface area contributed by atoms with Gasteiger partial charge in [-0.25, -0.2) is 4.39 Å². The quantitative estimate of drug-likeness (QED) is 0.655. The van der Waals surface area contributed by atoms with Crippen LogP contribution >= 0.6 is 11.8 Å². The fourth-order valence-corrected chi connectivity index (χ4v) is 1.67. The van der Waals surface area contributed by atoms with E-state index in [2.05, 4.69) is 15.2 Å². The predicted molar refractivity (Wildman–Crippen MR) is 55.7 cm³/mol. The van der Waals surface area contributed by atoms with Gasteiger partial charge in [-0.05, 0) is 12.1 Å². The lowest BCUT2D eigenvalue weighted by atomic mass is 10.3.